The molecule has 0 fully saturated rings. The molecule has 0 aliphatic carbocycles. The minimum absolute atomic E-state index is 0.525. The molecule has 14 heavy (non-hydrogen) atoms. The maximum Gasteiger partial charge on any atom is 0.332 e. The van der Waals surface area contributed by atoms with Gasteiger partial charge in [-0.05, 0) is 24.6 Å². The van der Waals surface area contributed by atoms with Crippen LogP contribution in [0.1, 0.15) is 5.56 Å². The monoisotopic (exact) mass is 214 g/mol. The van der Waals surface area contributed by atoms with Gasteiger partial charge >= 0.3 is 10.5 Å². The molecule has 5 nitrogen and oxygen atoms in total. The number of methoxy groups -OCH3 is 1. The molecule has 0 bridgehead atoms. The first kappa shape index (κ1) is 10.5. The Morgan fingerprint density at radius 2 is 2.14 bits per heavy atom. The average Bonchev–Trinajstić information content (AvgIpc) is 2.15. The first-order valence-electron chi connectivity index (χ1n) is 3.84. The van der Waals surface area contributed by atoms with Crippen molar-refractivity contribution in [3.63, 3.8) is 0 Å². The van der Waals surface area contributed by atoms with Crippen molar-refractivity contribution >= 4 is 16.2 Å². The first-order chi connectivity index (χ1) is 6.63. The Hall–Kier alpha value is -1.56. The zero-order valence-corrected chi connectivity index (χ0v) is 8.63. The predicted molar refractivity (Wildman–Crippen MR) is 52.7 cm³/mol. The number of aryl methyl sites for hydroxylation is 1. The van der Waals surface area contributed by atoms with E-state index in [1.807, 2.05) is 13.0 Å². The van der Waals surface area contributed by atoms with Crippen molar-refractivity contribution in [3.05, 3.63) is 23.8 Å². The van der Waals surface area contributed by atoms with E-state index >= 15 is 0 Å². The number of anilines is 1. The van der Waals surface area contributed by atoms with Crippen LogP contribution in [-0.4, -0.2) is 15.5 Å². The van der Waals surface area contributed by atoms with Crippen molar-refractivity contribution in [1.82, 2.24) is 0 Å². The zero-order chi connectivity index (χ0) is 10.6. The highest BCUT2D eigenvalue weighted by Gasteiger charge is 2.01. The van der Waals surface area contributed by atoms with Gasteiger partial charge in [-0.25, -0.2) is 0 Å². The van der Waals surface area contributed by atoms with E-state index in [0.29, 0.717) is 11.4 Å². The summed E-state index contributed by atoms with van der Waals surface area (Å²) < 4.78 is 28.5. The van der Waals surface area contributed by atoms with Crippen molar-refractivity contribution in [1.29, 1.82) is 0 Å². The van der Waals surface area contributed by atoms with E-state index in [1.54, 1.807) is 12.1 Å². The van der Waals surface area contributed by atoms with Crippen LogP contribution in [0.25, 0.3) is 0 Å². The Morgan fingerprint density at radius 3 is 2.71 bits per heavy atom. The summed E-state index contributed by atoms with van der Waals surface area (Å²) in [6.07, 6.45) is 0. The highest BCUT2D eigenvalue weighted by molar-refractivity contribution is 7.61. The number of rotatable bonds is 3. The summed E-state index contributed by atoms with van der Waals surface area (Å²) in [7, 11) is -0.971. The molecule has 0 radical (unpaired) electrons. The fourth-order valence-corrected chi connectivity index (χ4v) is 1.17. The summed E-state index contributed by atoms with van der Waals surface area (Å²) in [5.41, 5.74) is 3.90. The molecule has 76 valence electrons. The number of ether oxygens (including phenoxy) is 1. The highest BCUT2D eigenvalue weighted by atomic mass is 32.2. The van der Waals surface area contributed by atoms with E-state index in [0.717, 1.165) is 5.56 Å². The van der Waals surface area contributed by atoms with Gasteiger partial charge in [0.2, 0.25) is 0 Å². The summed E-state index contributed by atoms with van der Waals surface area (Å²) in [5, 5.41) is 0. The smallest absolute Gasteiger partial charge is 0.332 e. The van der Waals surface area contributed by atoms with Crippen LogP contribution in [0.15, 0.2) is 22.7 Å². The van der Waals surface area contributed by atoms with E-state index in [-0.39, 0.29) is 0 Å². The van der Waals surface area contributed by atoms with Gasteiger partial charge in [-0.2, -0.15) is 8.42 Å². The maximum atomic E-state index is 10.2. The number of hydrogen-bond acceptors (Lipinski definition) is 4. The van der Waals surface area contributed by atoms with Crippen molar-refractivity contribution in [3.8, 4) is 5.75 Å². The normalized spacial score (nSPS) is 9.29. The lowest BCUT2D eigenvalue weighted by Crippen LogP contribution is -1.93. The van der Waals surface area contributed by atoms with Crippen LogP contribution in [0.2, 0.25) is 0 Å². The Morgan fingerprint density at radius 1 is 1.43 bits per heavy atom. The molecule has 0 spiro atoms. The molecule has 1 N–H and O–H groups in total. The van der Waals surface area contributed by atoms with Gasteiger partial charge in [0, 0.05) is 0 Å². The van der Waals surface area contributed by atoms with Gasteiger partial charge < -0.3 is 4.74 Å². The van der Waals surface area contributed by atoms with Gasteiger partial charge in [-0.15, -0.1) is 0 Å². The van der Waals surface area contributed by atoms with E-state index in [2.05, 4.69) is 9.90 Å². The first-order valence-corrected chi connectivity index (χ1v) is 4.87. The Balaban J connectivity index is 3.04. The molecule has 0 aliphatic rings. The van der Waals surface area contributed by atoms with Gasteiger partial charge in [-0.1, -0.05) is 10.5 Å². The van der Waals surface area contributed by atoms with Crippen LogP contribution < -0.4 is 10.2 Å². The van der Waals surface area contributed by atoms with Crippen molar-refractivity contribution < 1.29 is 13.2 Å². The Bertz CT molecular complexity index is 446. The SMILES string of the molecule is COc1ccc(C)cc1NN=S(=O)=O. The minimum atomic E-state index is -2.47. The Labute approximate surface area is 83.4 Å². The number of benzene rings is 1. The second-order valence-electron chi connectivity index (χ2n) is 2.62. The van der Waals surface area contributed by atoms with Gasteiger partial charge in [0.25, 0.3) is 0 Å². The molecule has 0 atom stereocenters. The van der Waals surface area contributed by atoms with Gasteiger partial charge in [-0.3, -0.25) is 5.43 Å². The van der Waals surface area contributed by atoms with Crippen molar-refractivity contribution in [2.24, 2.45) is 4.47 Å². The number of hydrogen-bond donors (Lipinski definition) is 1. The lowest BCUT2D eigenvalue weighted by molar-refractivity contribution is 0.416. The summed E-state index contributed by atoms with van der Waals surface area (Å²) in [6.45, 7) is 1.89. The van der Waals surface area contributed by atoms with Crippen molar-refractivity contribution in [2.75, 3.05) is 12.5 Å². The fraction of sp³-hybridized carbons (Fsp3) is 0.250. The summed E-state index contributed by atoms with van der Waals surface area (Å²) >= 11 is 0. The Kier molecular flexibility index (Phi) is 3.47. The van der Waals surface area contributed by atoms with E-state index in [1.165, 1.54) is 7.11 Å². The van der Waals surface area contributed by atoms with Gasteiger partial charge in [0.05, 0.1) is 12.8 Å². The van der Waals surface area contributed by atoms with Crippen molar-refractivity contribution in [2.45, 2.75) is 6.92 Å². The largest absolute Gasteiger partial charge is 0.495 e. The fourth-order valence-electron chi connectivity index (χ4n) is 0.996. The third-order valence-corrected chi connectivity index (χ3v) is 1.84. The molecule has 0 saturated heterocycles. The number of nitrogens with zero attached hydrogens (tertiary/aromatic N) is 1. The van der Waals surface area contributed by atoms with Crippen LogP contribution in [0, 0.1) is 6.92 Å². The lowest BCUT2D eigenvalue weighted by atomic mass is 10.2. The van der Waals surface area contributed by atoms with Gasteiger partial charge in [0.15, 0.2) is 0 Å². The molecule has 0 amide bonds. The van der Waals surface area contributed by atoms with Crippen LogP contribution >= 0.6 is 0 Å². The molecule has 1 aromatic rings. The molecular formula is C8H10N2O3S. The third kappa shape index (κ3) is 2.74. The molecule has 6 heteroatoms. The summed E-state index contributed by atoms with van der Waals surface area (Å²) in [5.74, 6) is 0.546. The predicted octanol–water partition coefficient (Wildman–Crippen LogP) is 1.39. The minimum Gasteiger partial charge on any atom is -0.495 e. The second-order valence-corrected chi connectivity index (χ2v) is 3.24. The molecule has 0 heterocycles. The van der Waals surface area contributed by atoms with Crippen LogP contribution in [0.5, 0.6) is 5.75 Å². The summed E-state index contributed by atoms with van der Waals surface area (Å²) in [4.78, 5) is 0. The van der Waals surface area contributed by atoms with Crippen LogP contribution in [0.3, 0.4) is 0 Å². The lowest BCUT2D eigenvalue weighted by Gasteiger charge is -2.06. The molecule has 0 saturated carbocycles. The number of nitrogens with one attached hydrogen (secondary N) is 1. The van der Waals surface area contributed by atoms with Crippen LogP contribution in [-0.2, 0) is 10.5 Å². The molecule has 0 aromatic heterocycles. The third-order valence-electron chi connectivity index (χ3n) is 1.60. The van der Waals surface area contributed by atoms with E-state index < -0.39 is 10.5 Å². The highest BCUT2D eigenvalue weighted by Crippen LogP contribution is 2.24. The average molecular weight is 214 g/mol. The van der Waals surface area contributed by atoms with E-state index in [4.69, 9.17) is 4.74 Å². The molecule has 1 aromatic carbocycles. The molecular weight excluding hydrogens is 204 g/mol. The quantitative estimate of drug-likeness (QED) is 0.772. The van der Waals surface area contributed by atoms with Gasteiger partial charge in [0.1, 0.15) is 5.75 Å². The molecule has 0 unspecified atom stereocenters. The standard InChI is InChI=1S/C8H10N2O3S/c1-6-3-4-8(13-2)7(5-6)9-10-14(11)12/h3-5,9H,1-2H3. The summed E-state index contributed by atoms with van der Waals surface area (Å²) in [6, 6.07) is 5.34. The molecule has 1 rings (SSSR count). The topological polar surface area (TPSA) is 67.8 Å². The maximum absolute atomic E-state index is 10.2. The zero-order valence-electron chi connectivity index (χ0n) is 7.81. The van der Waals surface area contributed by atoms with E-state index in [9.17, 15) is 8.42 Å². The second kappa shape index (κ2) is 4.61. The van der Waals surface area contributed by atoms with Crippen LogP contribution in [0.4, 0.5) is 5.69 Å². The molecule has 0 aliphatic heterocycles.